The molecule has 35 heavy (non-hydrogen) atoms. The van der Waals surface area contributed by atoms with Crippen molar-refractivity contribution in [2.45, 2.75) is 84.3 Å². The van der Waals surface area contributed by atoms with Crippen molar-refractivity contribution in [3.63, 3.8) is 0 Å². The number of aliphatic carboxylic acids is 1. The van der Waals surface area contributed by atoms with Crippen LogP contribution in [0.15, 0.2) is 47.6 Å². The van der Waals surface area contributed by atoms with Crippen LogP contribution >= 0.6 is 0 Å². The molecule has 2 aliphatic rings. The van der Waals surface area contributed by atoms with Crippen molar-refractivity contribution in [2.24, 2.45) is 11.1 Å². The van der Waals surface area contributed by atoms with E-state index < -0.39 is 5.97 Å². The van der Waals surface area contributed by atoms with Crippen LogP contribution in [0.1, 0.15) is 99.1 Å². The van der Waals surface area contributed by atoms with Crippen LogP contribution in [-0.4, -0.2) is 34.8 Å². The van der Waals surface area contributed by atoms with E-state index in [0.29, 0.717) is 19.7 Å². The van der Waals surface area contributed by atoms with Gasteiger partial charge in [-0.1, -0.05) is 74.7 Å². The van der Waals surface area contributed by atoms with E-state index in [4.69, 9.17) is 9.94 Å². The quantitative estimate of drug-likeness (QED) is 0.306. The summed E-state index contributed by atoms with van der Waals surface area (Å²) in [6.07, 6.45) is 8.74. The van der Waals surface area contributed by atoms with Crippen LogP contribution in [0.4, 0.5) is 0 Å². The Kier molecular flexibility index (Phi) is 8.61. The molecule has 2 aromatic rings. The van der Waals surface area contributed by atoms with Crippen LogP contribution < -0.4 is 0 Å². The SMILES string of the molecule is CCc1cc(C(C)=NOCc2ccc(C(CC)N3CC(C(=O)O)C3)cc2)ccc1C1CCCCC1. The molecular weight excluding hydrogens is 436 g/mol. The third-order valence-electron chi connectivity index (χ3n) is 7.87. The molecule has 1 aliphatic heterocycles. The van der Waals surface area contributed by atoms with E-state index in [2.05, 4.69) is 66.4 Å². The lowest BCUT2D eigenvalue weighted by atomic mass is 9.81. The molecule has 5 heteroatoms. The Morgan fingerprint density at radius 3 is 2.43 bits per heavy atom. The maximum atomic E-state index is 11.1. The van der Waals surface area contributed by atoms with Crippen molar-refractivity contribution in [1.29, 1.82) is 0 Å². The first-order chi connectivity index (χ1) is 17.0. The van der Waals surface area contributed by atoms with E-state index in [-0.39, 0.29) is 12.0 Å². The molecule has 188 valence electrons. The van der Waals surface area contributed by atoms with Gasteiger partial charge in [-0.3, -0.25) is 9.69 Å². The standard InChI is InChI=1S/C30H40N2O3/c1-4-23-17-26(15-16-28(23)24-9-7-6-8-10-24)21(3)31-35-20-22-11-13-25(14-12-22)29(5-2)32-18-27(19-32)30(33)34/h11-17,24,27,29H,4-10,18-20H2,1-3H3,(H,33,34). The smallest absolute Gasteiger partial charge is 0.309 e. The van der Waals surface area contributed by atoms with Crippen LogP contribution in [0, 0.1) is 5.92 Å². The molecule has 1 saturated carbocycles. The van der Waals surface area contributed by atoms with Crippen molar-refractivity contribution in [3.8, 4) is 0 Å². The Balaban J connectivity index is 1.33. The molecule has 0 radical (unpaired) electrons. The molecule has 5 nitrogen and oxygen atoms in total. The Bertz CT molecular complexity index is 1020. The van der Waals surface area contributed by atoms with Gasteiger partial charge in [0.25, 0.3) is 0 Å². The summed E-state index contributed by atoms with van der Waals surface area (Å²) in [7, 11) is 0. The molecule has 1 saturated heterocycles. The van der Waals surface area contributed by atoms with E-state index in [1.165, 1.54) is 48.8 Å². The predicted molar refractivity (Wildman–Crippen MR) is 141 cm³/mol. The number of aryl methyl sites for hydroxylation is 1. The second-order valence-corrected chi connectivity index (χ2v) is 10.2. The summed E-state index contributed by atoms with van der Waals surface area (Å²) < 4.78 is 0. The minimum atomic E-state index is -0.689. The van der Waals surface area contributed by atoms with Gasteiger partial charge >= 0.3 is 5.97 Å². The van der Waals surface area contributed by atoms with Gasteiger partial charge in [0.15, 0.2) is 0 Å². The first-order valence-electron chi connectivity index (χ1n) is 13.4. The lowest BCUT2D eigenvalue weighted by Gasteiger charge is -2.42. The van der Waals surface area contributed by atoms with Crippen molar-refractivity contribution >= 4 is 11.7 Å². The zero-order chi connectivity index (χ0) is 24.8. The number of carboxylic acid groups (broad SMARTS) is 1. The van der Waals surface area contributed by atoms with E-state index in [9.17, 15) is 4.79 Å². The zero-order valence-corrected chi connectivity index (χ0v) is 21.5. The van der Waals surface area contributed by atoms with Gasteiger partial charge in [-0.05, 0) is 72.4 Å². The molecule has 0 amide bonds. The normalized spacial score (nSPS) is 18.8. The van der Waals surface area contributed by atoms with Gasteiger partial charge in [-0.15, -0.1) is 0 Å². The largest absolute Gasteiger partial charge is 0.481 e. The molecular formula is C30H40N2O3. The number of oxime groups is 1. The zero-order valence-electron chi connectivity index (χ0n) is 21.5. The minimum Gasteiger partial charge on any atom is -0.481 e. The van der Waals surface area contributed by atoms with Gasteiger partial charge in [-0.2, -0.15) is 0 Å². The maximum absolute atomic E-state index is 11.1. The first-order valence-corrected chi connectivity index (χ1v) is 13.4. The lowest BCUT2D eigenvalue weighted by Crippen LogP contribution is -2.51. The van der Waals surface area contributed by atoms with Crippen LogP contribution in [0.25, 0.3) is 0 Å². The number of rotatable bonds is 10. The van der Waals surface area contributed by atoms with Gasteiger partial charge < -0.3 is 9.94 Å². The average Bonchev–Trinajstić information content (AvgIpc) is 2.86. The molecule has 1 unspecified atom stereocenters. The monoisotopic (exact) mass is 476 g/mol. The highest BCUT2D eigenvalue weighted by atomic mass is 16.6. The number of likely N-dealkylation sites (tertiary alicyclic amines) is 1. The van der Waals surface area contributed by atoms with Gasteiger partial charge in [0.2, 0.25) is 0 Å². The lowest BCUT2D eigenvalue weighted by molar-refractivity contribution is -0.148. The summed E-state index contributed by atoms with van der Waals surface area (Å²) in [5.74, 6) is -0.198. The van der Waals surface area contributed by atoms with Crippen LogP contribution in [0.5, 0.6) is 0 Å². The summed E-state index contributed by atoms with van der Waals surface area (Å²) in [6, 6.07) is 15.5. The van der Waals surface area contributed by atoms with Crippen LogP contribution in [-0.2, 0) is 22.7 Å². The van der Waals surface area contributed by atoms with E-state index in [1.807, 2.05) is 6.92 Å². The Labute approximate surface area is 210 Å². The summed E-state index contributed by atoms with van der Waals surface area (Å²) in [5, 5.41) is 13.6. The highest BCUT2D eigenvalue weighted by molar-refractivity contribution is 5.98. The average molecular weight is 477 g/mol. The second-order valence-electron chi connectivity index (χ2n) is 10.2. The molecule has 1 heterocycles. The van der Waals surface area contributed by atoms with Gasteiger partial charge in [-0.25, -0.2) is 0 Å². The summed E-state index contributed by atoms with van der Waals surface area (Å²) in [6.45, 7) is 8.11. The topological polar surface area (TPSA) is 62.1 Å². The van der Waals surface area contributed by atoms with Crippen molar-refractivity contribution in [3.05, 3.63) is 70.3 Å². The van der Waals surface area contributed by atoms with E-state index in [0.717, 1.165) is 35.6 Å². The van der Waals surface area contributed by atoms with Gasteiger partial charge in [0, 0.05) is 19.1 Å². The number of hydrogen-bond donors (Lipinski definition) is 1. The summed E-state index contributed by atoms with van der Waals surface area (Å²) in [5.41, 5.74) is 7.33. The molecule has 1 atom stereocenters. The number of hydrogen-bond acceptors (Lipinski definition) is 4. The first kappa shape index (κ1) is 25.4. The van der Waals surface area contributed by atoms with Crippen molar-refractivity contribution < 1.29 is 14.7 Å². The highest BCUT2D eigenvalue weighted by Gasteiger charge is 2.36. The number of benzene rings is 2. The number of nitrogens with zero attached hydrogens (tertiary/aromatic N) is 2. The highest BCUT2D eigenvalue weighted by Crippen LogP contribution is 2.35. The fourth-order valence-corrected chi connectivity index (χ4v) is 5.67. The predicted octanol–water partition coefficient (Wildman–Crippen LogP) is 6.71. The molecule has 1 aliphatic carbocycles. The molecule has 0 spiro atoms. The van der Waals surface area contributed by atoms with Crippen molar-refractivity contribution in [1.82, 2.24) is 4.90 Å². The van der Waals surface area contributed by atoms with Crippen LogP contribution in [0.2, 0.25) is 0 Å². The Hall–Kier alpha value is -2.66. The number of carboxylic acids is 1. The molecule has 0 aromatic heterocycles. The maximum Gasteiger partial charge on any atom is 0.309 e. The molecule has 0 bridgehead atoms. The van der Waals surface area contributed by atoms with Gasteiger partial charge in [0.05, 0.1) is 11.6 Å². The fraction of sp³-hybridized carbons (Fsp3) is 0.533. The third-order valence-corrected chi connectivity index (χ3v) is 7.87. The third kappa shape index (κ3) is 6.13. The Morgan fingerprint density at radius 2 is 1.80 bits per heavy atom. The summed E-state index contributed by atoms with van der Waals surface area (Å²) >= 11 is 0. The molecule has 4 rings (SSSR count). The van der Waals surface area contributed by atoms with E-state index >= 15 is 0 Å². The van der Waals surface area contributed by atoms with Gasteiger partial charge in [0.1, 0.15) is 6.61 Å². The molecule has 2 aromatic carbocycles. The van der Waals surface area contributed by atoms with Crippen LogP contribution in [0.3, 0.4) is 0 Å². The molecule has 2 fully saturated rings. The van der Waals surface area contributed by atoms with Crippen molar-refractivity contribution in [2.75, 3.05) is 13.1 Å². The molecule has 1 N–H and O–H groups in total. The summed E-state index contributed by atoms with van der Waals surface area (Å²) in [4.78, 5) is 19.1. The second kappa shape index (κ2) is 11.9. The minimum absolute atomic E-state index is 0.227. The fourth-order valence-electron chi connectivity index (χ4n) is 5.67. The number of carbonyl (C=O) groups is 1. The Morgan fingerprint density at radius 1 is 1.09 bits per heavy atom. The van der Waals surface area contributed by atoms with E-state index in [1.54, 1.807) is 0 Å².